The van der Waals surface area contributed by atoms with Crippen molar-refractivity contribution in [3.63, 3.8) is 0 Å². The summed E-state index contributed by atoms with van der Waals surface area (Å²) in [7, 11) is 0. The largest absolute Gasteiger partial charge is 0.345 e. The van der Waals surface area contributed by atoms with Crippen molar-refractivity contribution in [3.8, 4) is 0 Å². The van der Waals surface area contributed by atoms with Crippen molar-refractivity contribution >= 4 is 22.4 Å². The first-order valence-electron chi connectivity index (χ1n) is 7.54. The van der Waals surface area contributed by atoms with Crippen LogP contribution in [0.3, 0.4) is 0 Å². The molecule has 6 heteroatoms. The van der Waals surface area contributed by atoms with E-state index in [0.29, 0.717) is 6.54 Å². The topological polar surface area (TPSA) is 62.5 Å². The first-order valence-corrected chi connectivity index (χ1v) is 8.42. The lowest BCUT2D eigenvalue weighted by Gasteiger charge is -2.37. The van der Waals surface area contributed by atoms with Gasteiger partial charge < -0.3 is 15.5 Å². The zero-order chi connectivity index (χ0) is 15.5. The first-order chi connectivity index (χ1) is 9.90. The van der Waals surface area contributed by atoms with Crippen LogP contribution in [0.1, 0.15) is 27.2 Å². The van der Waals surface area contributed by atoms with Crippen LogP contribution in [0.5, 0.6) is 0 Å². The average Bonchev–Trinajstić information content (AvgIpc) is 2.97. The van der Waals surface area contributed by atoms with Crippen molar-refractivity contribution in [3.05, 3.63) is 11.6 Å². The minimum atomic E-state index is -0.0589. The minimum Gasteiger partial charge on any atom is -0.345 e. The van der Waals surface area contributed by atoms with Crippen LogP contribution in [0.25, 0.3) is 0 Å². The second-order valence-corrected chi connectivity index (χ2v) is 7.70. The van der Waals surface area contributed by atoms with E-state index in [1.807, 2.05) is 16.5 Å². The maximum Gasteiger partial charge on any atom is 0.227 e. The van der Waals surface area contributed by atoms with Crippen molar-refractivity contribution in [1.82, 2.24) is 9.88 Å². The Labute approximate surface area is 131 Å². The van der Waals surface area contributed by atoms with E-state index < -0.39 is 0 Å². The number of piperazine rings is 1. The number of thiazole rings is 1. The van der Waals surface area contributed by atoms with Gasteiger partial charge in [0.05, 0.1) is 5.92 Å². The fourth-order valence-electron chi connectivity index (χ4n) is 2.76. The summed E-state index contributed by atoms with van der Waals surface area (Å²) in [6.07, 6.45) is 2.67. The molecule has 0 spiro atoms. The summed E-state index contributed by atoms with van der Waals surface area (Å²) in [5.74, 6) is 0.155. The Morgan fingerprint density at radius 2 is 2.05 bits per heavy atom. The van der Waals surface area contributed by atoms with Gasteiger partial charge in [0, 0.05) is 44.3 Å². The maximum absolute atomic E-state index is 12.6. The molecule has 21 heavy (non-hydrogen) atoms. The molecule has 2 rings (SSSR count). The van der Waals surface area contributed by atoms with Gasteiger partial charge in [-0.2, -0.15) is 0 Å². The van der Waals surface area contributed by atoms with E-state index in [9.17, 15) is 4.79 Å². The molecule has 1 atom stereocenters. The molecule has 0 aromatic carbocycles. The Bertz CT molecular complexity index is 447. The van der Waals surface area contributed by atoms with E-state index in [-0.39, 0.29) is 17.2 Å². The highest BCUT2D eigenvalue weighted by Crippen LogP contribution is 2.26. The van der Waals surface area contributed by atoms with Crippen molar-refractivity contribution in [1.29, 1.82) is 0 Å². The predicted octanol–water partition coefficient (Wildman–Crippen LogP) is 1.80. The summed E-state index contributed by atoms with van der Waals surface area (Å²) in [5, 5.41) is 3.04. The summed E-state index contributed by atoms with van der Waals surface area (Å²) in [6.45, 7) is 10.1. The Kier molecular flexibility index (Phi) is 5.22. The highest BCUT2D eigenvalue weighted by Gasteiger charge is 2.30. The Hall–Kier alpha value is -1.14. The Morgan fingerprint density at radius 1 is 1.38 bits per heavy atom. The number of aromatic nitrogens is 1. The molecule has 5 nitrogen and oxygen atoms in total. The third-order valence-electron chi connectivity index (χ3n) is 3.77. The number of anilines is 1. The predicted molar refractivity (Wildman–Crippen MR) is 87.5 cm³/mol. The summed E-state index contributed by atoms with van der Waals surface area (Å²) >= 11 is 1.65. The van der Waals surface area contributed by atoms with E-state index in [0.717, 1.165) is 37.7 Å². The molecule has 0 bridgehead atoms. The number of nitrogens with two attached hydrogens (primary N) is 1. The normalized spacial score (nSPS) is 17.9. The molecule has 1 aromatic heterocycles. The Morgan fingerprint density at radius 3 is 2.52 bits per heavy atom. The van der Waals surface area contributed by atoms with Gasteiger partial charge in [-0.3, -0.25) is 4.79 Å². The number of carbonyl (C=O) groups is 1. The number of rotatable bonds is 4. The molecule has 1 fully saturated rings. The molecule has 1 unspecified atom stereocenters. The molecule has 118 valence electrons. The standard InChI is InChI=1S/C15H26N4OS/c1-15(2,3)10-12(11-16)13(20)18-5-7-19(8-6-18)14-17-4-9-21-14/h4,9,12H,5-8,10-11,16H2,1-3H3. The van der Waals surface area contributed by atoms with Crippen LogP contribution in [-0.4, -0.2) is 48.5 Å². The van der Waals surface area contributed by atoms with Crippen LogP contribution in [0, 0.1) is 11.3 Å². The van der Waals surface area contributed by atoms with Gasteiger partial charge in [-0.1, -0.05) is 20.8 Å². The number of nitrogens with zero attached hydrogens (tertiary/aromatic N) is 3. The highest BCUT2D eigenvalue weighted by molar-refractivity contribution is 7.13. The van der Waals surface area contributed by atoms with Crippen molar-refractivity contribution in [2.45, 2.75) is 27.2 Å². The molecular weight excluding hydrogens is 284 g/mol. The zero-order valence-corrected chi connectivity index (χ0v) is 14.0. The molecule has 2 heterocycles. The van der Waals surface area contributed by atoms with Crippen molar-refractivity contribution in [2.75, 3.05) is 37.6 Å². The lowest BCUT2D eigenvalue weighted by molar-refractivity contribution is -0.136. The van der Waals surface area contributed by atoms with Crippen LogP contribution in [0.4, 0.5) is 5.13 Å². The highest BCUT2D eigenvalue weighted by atomic mass is 32.1. The number of carbonyl (C=O) groups excluding carboxylic acids is 1. The third-order valence-corrected chi connectivity index (χ3v) is 4.61. The van der Waals surface area contributed by atoms with Crippen LogP contribution >= 0.6 is 11.3 Å². The second kappa shape index (κ2) is 6.75. The average molecular weight is 310 g/mol. The van der Waals surface area contributed by atoms with Crippen LogP contribution in [0.15, 0.2) is 11.6 Å². The number of amides is 1. The molecular formula is C15H26N4OS. The molecule has 1 amide bonds. The SMILES string of the molecule is CC(C)(C)CC(CN)C(=O)N1CCN(c2nccs2)CC1. The van der Waals surface area contributed by atoms with E-state index >= 15 is 0 Å². The van der Waals surface area contributed by atoms with Crippen molar-refractivity contribution in [2.24, 2.45) is 17.1 Å². The molecule has 0 radical (unpaired) electrons. The van der Waals surface area contributed by atoms with E-state index in [1.54, 1.807) is 11.3 Å². The molecule has 1 aliphatic rings. The molecule has 1 saturated heterocycles. The van der Waals surface area contributed by atoms with Gasteiger partial charge in [0.15, 0.2) is 5.13 Å². The monoisotopic (exact) mass is 310 g/mol. The smallest absolute Gasteiger partial charge is 0.227 e. The van der Waals surface area contributed by atoms with E-state index in [1.165, 1.54) is 0 Å². The lowest BCUT2D eigenvalue weighted by Crippen LogP contribution is -2.51. The number of hydrogen-bond donors (Lipinski definition) is 1. The fourth-order valence-corrected chi connectivity index (χ4v) is 3.46. The van der Waals surface area contributed by atoms with E-state index in [2.05, 4.69) is 30.7 Å². The molecule has 1 aromatic rings. The minimum absolute atomic E-state index is 0.0589. The van der Waals surface area contributed by atoms with Gasteiger partial charge in [0.25, 0.3) is 0 Å². The van der Waals surface area contributed by atoms with Gasteiger partial charge in [0.2, 0.25) is 5.91 Å². The van der Waals surface area contributed by atoms with Gasteiger partial charge in [0.1, 0.15) is 0 Å². The van der Waals surface area contributed by atoms with Gasteiger partial charge in [-0.15, -0.1) is 11.3 Å². The molecule has 0 aliphatic carbocycles. The van der Waals surface area contributed by atoms with Crippen LogP contribution in [0.2, 0.25) is 0 Å². The van der Waals surface area contributed by atoms with Gasteiger partial charge >= 0.3 is 0 Å². The van der Waals surface area contributed by atoms with Crippen molar-refractivity contribution < 1.29 is 4.79 Å². The second-order valence-electron chi connectivity index (χ2n) is 6.82. The molecule has 2 N–H and O–H groups in total. The number of hydrogen-bond acceptors (Lipinski definition) is 5. The molecule has 0 saturated carbocycles. The zero-order valence-electron chi connectivity index (χ0n) is 13.2. The third kappa shape index (κ3) is 4.41. The summed E-state index contributed by atoms with van der Waals surface area (Å²) in [6, 6.07) is 0. The fraction of sp³-hybridized carbons (Fsp3) is 0.733. The summed E-state index contributed by atoms with van der Waals surface area (Å²) < 4.78 is 0. The molecule has 1 aliphatic heterocycles. The van der Waals surface area contributed by atoms with Gasteiger partial charge in [-0.05, 0) is 11.8 Å². The van der Waals surface area contributed by atoms with Crippen LogP contribution in [-0.2, 0) is 4.79 Å². The quantitative estimate of drug-likeness (QED) is 0.921. The van der Waals surface area contributed by atoms with Crippen LogP contribution < -0.4 is 10.6 Å². The first kappa shape index (κ1) is 16.2. The summed E-state index contributed by atoms with van der Waals surface area (Å²) in [5.41, 5.74) is 5.95. The van der Waals surface area contributed by atoms with Gasteiger partial charge in [-0.25, -0.2) is 4.98 Å². The van der Waals surface area contributed by atoms with E-state index in [4.69, 9.17) is 5.73 Å². The summed E-state index contributed by atoms with van der Waals surface area (Å²) in [4.78, 5) is 21.2. The Balaban J connectivity index is 1.90. The lowest BCUT2D eigenvalue weighted by atomic mass is 9.84. The maximum atomic E-state index is 12.6.